The Hall–Kier alpha value is -2.13. The number of carbonyl (C=O) groups is 1. The fraction of sp³-hybridized carbons (Fsp3) is 0.231. The molecule has 114 valence electrons. The highest BCUT2D eigenvalue weighted by atomic mass is 32.2. The highest BCUT2D eigenvalue weighted by Gasteiger charge is 2.10. The predicted octanol–water partition coefficient (Wildman–Crippen LogP) is 2.48. The number of nitrogens with one attached hydrogen (secondary N) is 2. The van der Waals surface area contributed by atoms with Gasteiger partial charge >= 0.3 is 0 Å². The van der Waals surface area contributed by atoms with Crippen molar-refractivity contribution in [3.05, 3.63) is 40.0 Å². The number of aromatic amines is 1. The minimum Gasteiger partial charge on any atom is -0.360 e. The summed E-state index contributed by atoms with van der Waals surface area (Å²) in [5.41, 5.74) is 0. The van der Waals surface area contributed by atoms with Crippen molar-refractivity contribution >= 4 is 34.8 Å². The van der Waals surface area contributed by atoms with Crippen molar-refractivity contribution in [2.45, 2.75) is 18.5 Å². The molecule has 3 aromatic heterocycles. The van der Waals surface area contributed by atoms with Gasteiger partial charge in [0.05, 0.1) is 5.75 Å². The van der Waals surface area contributed by atoms with Gasteiger partial charge in [-0.3, -0.25) is 9.89 Å². The normalized spacial score (nSPS) is 10.8. The maximum atomic E-state index is 11.8. The molecule has 0 aliphatic rings. The average molecular weight is 335 g/mol. The monoisotopic (exact) mass is 335 g/mol. The molecule has 3 heterocycles. The van der Waals surface area contributed by atoms with Gasteiger partial charge in [0.1, 0.15) is 11.6 Å². The molecule has 2 N–H and O–H groups in total. The number of aromatic nitrogens is 4. The van der Waals surface area contributed by atoms with Crippen molar-refractivity contribution in [1.82, 2.24) is 20.3 Å². The van der Waals surface area contributed by atoms with E-state index in [1.807, 2.05) is 17.5 Å². The molecule has 0 aliphatic heterocycles. The maximum Gasteiger partial charge on any atom is 0.236 e. The molecular weight excluding hydrogens is 322 g/mol. The first-order valence-electron chi connectivity index (χ1n) is 6.48. The molecule has 0 fully saturated rings. The number of hydrogen-bond acceptors (Lipinski definition) is 7. The van der Waals surface area contributed by atoms with Crippen LogP contribution in [0.25, 0.3) is 0 Å². The largest absolute Gasteiger partial charge is 0.360 e. The van der Waals surface area contributed by atoms with E-state index in [0.29, 0.717) is 16.7 Å². The summed E-state index contributed by atoms with van der Waals surface area (Å²) in [6.45, 7) is 1.76. The van der Waals surface area contributed by atoms with Crippen LogP contribution >= 0.6 is 23.1 Å². The smallest absolute Gasteiger partial charge is 0.236 e. The van der Waals surface area contributed by atoms with E-state index in [1.165, 1.54) is 16.6 Å². The Kier molecular flexibility index (Phi) is 4.54. The number of thiophene rings is 1. The van der Waals surface area contributed by atoms with Crippen molar-refractivity contribution in [2.24, 2.45) is 0 Å². The van der Waals surface area contributed by atoms with Gasteiger partial charge in [0.15, 0.2) is 5.82 Å². The molecule has 3 aromatic rings. The van der Waals surface area contributed by atoms with Crippen molar-refractivity contribution in [3.8, 4) is 0 Å². The first-order chi connectivity index (χ1) is 10.7. The summed E-state index contributed by atoms with van der Waals surface area (Å²) >= 11 is 2.94. The lowest BCUT2D eigenvalue weighted by atomic mass is 10.3. The quantitative estimate of drug-likeness (QED) is 0.672. The van der Waals surface area contributed by atoms with Crippen LogP contribution in [0.15, 0.2) is 33.3 Å². The maximum absolute atomic E-state index is 11.8. The van der Waals surface area contributed by atoms with Gasteiger partial charge in [-0.2, -0.15) is 0 Å². The summed E-state index contributed by atoms with van der Waals surface area (Å²) in [4.78, 5) is 17.4. The van der Waals surface area contributed by atoms with E-state index in [-0.39, 0.29) is 11.7 Å². The molecule has 0 saturated heterocycles. The predicted molar refractivity (Wildman–Crippen MR) is 84.1 cm³/mol. The zero-order valence-electron chi connectivity index (χ0n) is 11.7. The first-order valence-corrected chi connectivity index (χ1v) is 8.35. The molecule has 7 nitrogen and oxygen atoms in total. The number of nitrogens with zero attached hydrogens (tertiary/aromatic N) is 3. The van der Waals surface area contributed by atoms with Crippen molar-refractivity contribution < 1.29 is 9.32 Å². The second-order valence-electron chi connectivity index (χ2n) is 4.48. The van der Waals surface area contributed by atoms with Gasteiger partial charge in [-0.05, 0) is 18.4 Å². The standard InChI is InChI=1S/C13H13N5O2S2/c1-8-5-11(18-20-8)14-12(19)7-22-13-15-10(16-17-13)6-9-3-2-4-21-9/h2-5H,6-7H2,1H3,(H,14,18,19)(H,15,16,17). The van der Waals surface area contributed by atoms with Crippen LogP contribution in [0.5, 0.6) is 0 Å². The minimum atomic E-state index is -0.178. The molecule has 0 spiro atoms. The van der Waals surface area contributed by atoms with Gasteiger partial charge in [0, 0.05) is 17.4 Å². The number of thioether (sulfide) groups is 1. The molecule has 0 radical (unpaired) electrons. The van der Waals surface area contributed by atoms with Gasteiger partial charge in [-0.15, -0.1) is 16.4 Å². The summed E-state index contributed by atoms with van der Waals surface area (Å²) in [5.74, 6) is 1.88. The highest BCUT2D eigenvalue weighted by Crippen LogP contribution is 2.16. The van der Waals surface area contributed by atoms with Gasteiger partial charge in [-0.1, -0.05) is 23.0 Å². The Balaban J connectivity index is 1.49. The van der Waals surface area contributed by atoms with Crippen LogP contribution in [0.2, 0.25) is 0 Å². The van der Waals surface area contributed by atoms with Crippen LogP contribution in [-0.2, 0) is 11.2 Å². The number of aryl methyl sites for hydroxylation is 1. The molecular formula is C13H13N5O2S2. The van der Waals surface area contributed by atoms with E-state index in [1.54, 1.807) is 24.3 Å². The van der Waals surface area contributed by atoms with E-state index in [4.69, 9.17) is 4.52 Å². The molecule has 0 aromatic carbocycles. The van der Waals surface area contributed by atoms with Crippen LogP contribution in [-0.4, -0.2) is 32.0 Å². The van der Waals surface area contributed by atoms with Crippen molar-refractivity contribution in [3.63, 3.8) is 0 Å². The summed E-state index contributed by atoms with van der Waals surface area (Å²) < 4.78 is 4.88. The second-order valence-corrected chi connectivity index (χ2v) is 6.46. The number of carbonyl (C=O) groups excluding carboxylic acids is 1. The lowest BCUT2D eigenvalue weighted by molar-refractivity contribution is -0.113. The van der Waals surface area contributed by atoms with Gasteiger partial charge in [-0.25, -0.2) is 4.98 Å². The third-order valence-corrected chi connectivity index (χ3v) is 4.38. The second kappa shape index (κ2) is 6.75. The third kappa shape index (κ3) is 3.95. The number of rotatable bonds is 6. The summed E-state index contributed by atoms with van der Waals surface area (Å²) in [5, 5.41) is 15.9. The van der Waals surface area contributed by atoms with Gasteiger partial charge in [0.2, 0.25) is 11.1 Å². The van der Waals surface area contributed by atoms with Crippen molar-refractivity contribution in [2.75, 3.05) is 11.1 Å². The van der Waals surface area contributed by atoms with Crippen LogP contribution in [0, 0.1) is 6.92 Å². The fourth-order valence-corrected chi connectivity index (χ4v) is 3.06. The number of hydrogen-bond donors (Lipinski definition) is 2. The topological polar surface area (TPSA) is 96.7 Å². The Morgan fingerprint density at radius 2 is 2.45 bits per heavy atom. The number of H-pyrrole nitrogens is 1. The molecule has 22 heavy (non-hydrogen) atoms. The number of anilines is 1. The first kappa shape index (κ1) is 14.8. The average Bonchev–Trinajstić information content (AvgIpc) is 3.21. The van der Waals surface area contributed by atoms with Crippen LogP contribution in [0.1, 0.15) is 16.5 Å². The molecule has 0 atom stereocenters. The van der Waals surface area contributed by atoms with Crippen LogP contribution in [0.3, 0.4) is 0 Å². The Labute approximate surface area is 134 Å². The van der Waals surface area contributed by atoms with Gasteiger partial charge in [0.25, 0.3) is 0 Å². The Morgan fingerprint density at radius 1 is 1.55 bits per heavy atom. The summed E-state index contributed by atoms with van der Waals surface area (Å²) in [6, 6.07) is 5.71. The molecule has 9 heteroatoms. The zero-order valence-corrected chi connectivity index (χ0v) is 13.3. The lowest BCUT2D eigenvalue weighted by Crippen LogP contribution is -2.14. The summed E-state index contributed by atoms with van der Waals surface area (Å²) in [7, 11) is 0. The molecule has 0 unspecified atom stereocenters. The van der Waals surface area contributed by atoms with E-state index < -0.39 is 0 Å². The van der Waals surface area contributed by atoms with E-state index in [9.17, 15) is 4.79 Å². The fourth-order valence-electron chi connectivity index (χ4n) is 1.73. The van der Waals surface area contributed by atoms with E-state index in [2.05, 4.69) is 25.7 Å². The minimum absolute atomic E-state index is 0.178. The van der Waals surface area contributed by atoms with Crippen LogP contribution in [0.4, 0.5) is 5.82 Å². The zero-order chi connectivity index (χ0) is 15.4. The number of amides is 1. The Morgan fingerprint density at radius 3 is 3.18 bits per heavy atom. The highest BCUT2D eigenvalue weighted by molar-refractivity contribution is 7.99. The van der Waals surface area contributed by atoms with Gasteiger partial charge < -0.3 is 9.84 Å². The molecule has 0 saturated carbocycles. The lowest BCUT2D eigenvalue weighted by Gasteiger charge is -1.98. The van der Waals surface area contributed by atoms with Crippen molar-refractivity contribution in [1.29, 1.82) is 0 Å². The van der Waals surface area contributed by atoms with E-state index in [0.717, 1.165) is 12.2 Å². The molecule has 3 rings (SSSR count). The van der Waals surface area contributed by atoms with Crippen LogP contribution < -0.4 is 5.32 Å². The molecule has 0 bridgehead atoms. The molecule has 0 aliphatic carbocycles. The third-order valence-electron chi connectivity index (χ3n) is 2.66. The summed E-state index contributed by atoms with van der Waals surface area (Å²) in [6.07, 6.45) is 0.718. The van der Waals surface area contributed by atoms with E-state index >= 15 is 0 Å². The molecule has 1 amide bonds. The SMILES string of the molecule is Cc1cc(NC(=O)CSc2n[nH]c(Cc3cccs3)n2)no1. The Bertz CT molecular complexity index is 750.